The van der Waals surface area contributed by atoms with Crippen LogP contribution in [-0.2, 0) is 11.3 Å². The number of amides is 1. The molecule has 0 fully saturated rings. The number of carbonyl (C=O) groups is 2. The molecule has 7 nitrogen and oxygen atoms in total. The van der Waals surface area contributed by atoms with Gasteiger partial charge in [0.15, 0.2) is 5.69 Å². The molecule has 1 atom stereocenters. The van der Waals surface area contributed by atoms with E-state index in [9.17, 15) is 9.59 Å². The third-order valence-corrected chi connectivity index (χ3v) is 2.81. The lowest BCUT2D eigenvalue weighted by molar-refractivity contribution is -0.122. The fourth-order valence-corrected chi connectivity index (χ4v) is 1.79. The summed E-state index contributed by atoms with van der Waals surface area (Å²) in [4.78, 5) is 22.8. The molecule has 0 aliphatic rings. The Bertz CT molecular complexity index is 609. The highest BCUT2D eigenvalue weighted by molar-refractivity contribution is 5.86. The van der Waals surface area contributed by atoms with Crippen molar-refractivity contribution in [2.45, 2.75) is 19.5 Å². The van der Waals surface area contributed by atoms with Crippen LogP contribution in [0.3, 0.4) is 0 Å². The number of nitrogens with one attached hydrogen (secondary N) is 1. The average Bonchev–Trinajstić information content (AvgIpc) is 2.87. The highest BCUT2D eigenvalue weighted by Gasteiger charge is 2.15. The second-order valence-electron chi connectivity index (χ2n) is 4.28. The number of carboxylic acids is 1. The van der Waals surface area contributed by atoms with Crippen molar-refractivity contribution >= 4 is 11.9 Å². The number of aromatic carboxylic acids is 1. The van der Waals surface area contributed by atoms with Crippen LogP contribution in [0.2, 0.25) is 0 Å². The van der Waals surface area contributed by atoms with Crippen molar-refractivity contribution in [3.8, 4) is 0 Å². The first-order chi connectivity index (χ1) is 9.58. The first kappa shape index (κ1) is 13.7. The Morgan fingerprint density at radius 3 is 2.70 bits per heavy atom. The van der Waals surface area contributed by atoms with E-state index in [0.717, 1.165) is 16.4 Å². The van der Waals surface area contributed by atoms with Crippen LogP contribution in [0.15, 0.2) is 36.5 Å². The Morgan fingerprint density at radius 1 is 1.35 bits per heavy atom. The fourth-order valence-electron chi connectivity index (χ4n) is 1.79. The van der Waals surface area contributed by atoms with Gasteiger partial charge in [-0.15, -0.1) is 5.10 Å². The van der Waals surface area contributed by atoms with Gasteiger partial charge in [0.25, 0.3) is 0 Å². The van der Waals surface area contributed by atoms with Gasteiger partial charge in [0, 0.05) is 0 Å². The van der Waals surface area contributed by atoms with Crippen molar-refractivity contribution in [3.05, 3.63) is 47.8 Å². The lowest BCUT2D eigenvalue weighted by atomic mass is 10.1. The molecular weight excluding hydrogens is 260 g/mol. The van der Waals surface area contributed by atoms with Gasteiger partial charge in [-0.25, -0.2) is 9.48 Å². The molecule has 0 aliphatic carbocycles. The van der Waals surface area contributed by atoms with E-state index in [-0.39, 0.29) is 24.2 Å². The molecule has 2 N–H and O–H groups in total. The van der Waals surface area contributed by atoms with Crippen LogP contribution >= 0.6 is 0 Å². The first-order valence-electron chi connectivity index (χ1n) is 6.04. The Morgan fingerprint density at radius 2 is 2.05 bits per heavy atom. The Kier molecular flexibility index (Phi) is 4.09. The van der Waals surface area contributed by atoms with Gasteiger partial charge in [0.05, 0.1) is 12.2 Å². The average molecular weight is 274 g/mol. The number of benzene rings is 1. The Labute approximate surface area is 115 Å². The second kappa shape index (κ2) is 5.96. The SMILES string of the molecule is CC(NC(=O)Cn1nncc1C(=O)O)c1ccccc1. The number of aromatic nitrogens is 3. The normalized spacial score (nSPS) is 11.8. The Balaban J connectivity index is 1.99. The van der Waals surface area contributed by atoms with Crippen molar-refractivity contribution in [2.75, 3.05) is 0 Å². The van der Waals surface area contributed by atoms with Gasteiger partial charge < -0.3 is 10.4 Å². The van der Waals surface area contributed by atoms with E-state index in [1.54, 1.807) is 0 Å². The van der Waals surface area contributed by atoms with E-state index in [0.29, 0.717) is 0 Å². The van der Waals surface area contributed by atoms with Gasteiger partial charge in [-0.1, -0.05) is 35.5 Å². The first-order valence-corrected chi connectivity index (χ1v) is 6.04. The number of hydrogen-bond donors (Lipinski definition) is 2. The summed E-state index contributed by atoms with van der Waals surface area (Å²) in [6.45, 7) is 1.67. The third-order valence-electron chi connectivity index (χ3n) is 2.81. The standard InChI is InChI=1S/C13H14N4O3/c1-9(10-5-3-2-4-6-10)15-12(18)8-17-11(13(19)20)7-14-16-17/h2-7,9H,8H2,1H3,(H,15,18)(H,19,20). The van der Waals surface area contributed by atoms with Crippen LogP contribution in [0.25, 0.3) is 0 Å². The van der Waals surface area contributed by atoms with Gasteiger partial charge in [0.1, 0.15) is 6.54 Å². The molecule has 0 saturated heterocycles. The van der Waals surface area contributed by atoms with E-state index in [2.05, 4.69) is 15.6 Å². The van der Waals surface area contributed by atoms with Crippen molar-refractivity contribution in [3.63, 3.8) is 0 Å². The molecule has 1 unspecified atom stereocenters. The predicted octanol–water partition coefficient (Wildman–Crippen LogP) is 0.854. The summed E-state index contributed by atoms with van der Waals surface area (Å²) < 4.78 is 1.05. The number of hydrogen-bond acceptors (Lipinski definition) is 4. The highest BCUT2D eigenvalue weighted by atomic mass is 16.4. The quantitative estimate of drug-likeness (QED) is 0.842. The molecule has 2 aromatic rings. The predicted molar refractivity (Wildman–Crippen MR) is 70.0 cm³/mol. The summed E-state index contributed by atoms with van der Waals surface area (Å²) in [5.41, 5.74) is 0.852. The fraction of sp³-hybridized carbons (Fsp3) is 0.231. The molecule has 0 bridgehead atoms. The number of rotatable bonds is 5. The number of carboxylic acid groups (broad SMARTS) is 1. The smallest absolute Gasteiger partial charge is 0.355 e. The van der Waals surface area contributed by atoms with Crippen molar-refractivity contribution < 1.29 is 14.7 Å². The van der Waals surface area contributed by atoms with E-state index in [4.69, 9.17) is 5.11 Å². The van der Waals surface area contributed by atoms with E-state index >= 15 is 0 Å². The topological polar surface area (TPSA) is 97.1 Å². The highest BCUT2D eigenvalue weighted by Crippen LogP contribution is 2.10. The molecular formula is C13H14N4O3. The molecule has 1 aromatic heterocycles. The van der Waals surface area contributed by atoms with Crippen LogP contribution < -0.4 is 5.32 Å². The maximum absolute atomic E-state index is 11.9. The molecule has 2 rings (SSSR count). The van der Waals surface area contributed by atoms with Crippen molar-refractivity contribution in [1.29, 1.82) is 0 Å². The maximum atomic E-state index is 11.9. The van der Waals surface area contributed by atoms with Gasteiger partial charge in [-0.3, -0.25) is 4.79 Å². The van der Waals surface area contributed by atoms with Crippen LogP contribution in [0.4, 0.5) is 0 Å². The summed E-state index contributed by atoms with van der Waals surface area (Å²) >= 11 is 0. The third kappa shape index (κ3) is 3.19. The minimum Gasteiger partial charge on any atom is -0.476 e. The van der Waals surface area contributed by atoms with Crippen LogP contribution in [0, 0.1) is 0 Å². The van der Waals surface area contributed by atoms with E-state index < -0.39 is 5.97 Å². The second-order valence-corrected chi connectivity index (χ2v) is 4.28. The van der Waals surface area contributed by atoms with Gasteiger partial charge in [0.2, 0.25) is 5.91 Å². The maximum Gasteiger partial charge on any atom is 0.355 e. The zero-order valence-electron chi connectivity index (χ0n) is 10.9. The van der Waals surface area contributed by atoms with Crippen molar-refractivity contribution in [2.24, 2.45) is 0 Å². The minimum atomic E-state index is -1.17. The van der Waals surface area contributed by atoms with Gasteiger partial charge in [-0.2, -0.15) is 0 Å². The summed E-state index contributed by atoms with van der Waals surface area (Å²) in [5.74, 6) is -1.49. The van der Waals surface area contributed by atoms with Crippen molar-refractivity contribution in [1.82, 2.24) is 20.3 Å². The lowest BCUT2D eigenvalue weighted by Crippen LogP contribution is -2.31. The van der Waals surface area contributed by atoms with E-state index in [1.807, 2.05) is 37.3 Å². The van der Waals surface area contributed by atoms with Gasteiger partial charge in [-0.05, 0) is 12.5 Å². The molecule has 1 aromatic carbocycles. The molecule has 104 valence electrons. The number of carbonyl (C=O) groups excluding carboxylic acids is 1. The minimum absolute atomic E-state index is 0.118. The molecule has 0 spiro atoms. The number of nitrogens with zero attached hydrogens (tertiary/aromatic N) is 3. The summed E-state index contributed by atoms with van der Waals surface area (Å²) in [6, 6.07) is 9.31. The molecule has 7 heteroatoms. The lowest BCUT2D eigenvalue weighted by Gasteiger charge is -2.14. The largest absolute Gasteiger partial charge is 0.476 e. The molecule has 0 aliphatic heterocycles. The van der Waals surface area contributed by atoms with Crippen LogP contribution in [0.5, 0.6) is 0 Å². The molecule has 1 amide bonds. The van der Waals surface area contributed by atoms with Crippen LogP contribution in [-0.4, -0.2) is 32.0 Å². The summed E-state index contributed by atoms with van der Waals surface area (Å²) in [6.07, 6.45) is 1.11. The van der Waals surface area contributed by atoms with E-state index in [1.165, 1.54) is 0 Å². The summed E-state index contributed by atoms with van der Waals surface area (Å²) in [7, 11) is 0. The van der Waals surface area contributed by atoms with Crippen LogP contribution in [0.1, 0.15) is 29.0 Å². The molecule has 0 radical (unpaired) electrons. The zero-order chi connectivity index (χ0) is 14.5. The summed E-state index contributed by atoms with van der Waals surface area (Å²) in [5, 5.41) is 18.7. The molecule has 0 saturated carbocycles. The van der Waals surface area contributed by atoms with Gasteiger partial charge >= 0.3 is 5.97 Å². The zero-order valence-corrected chi connectivity index (χ0v) is 10.9. The monoisotopic (exact) mass is 274 g/mol. The molecule has 1 heterocycles. The Hall–Kier alpha value is -2.70. The molecule has 20 heavy (non-hydrogen) atoms.